The number of phosphoric ester groups is 1. The van der Waals surface area contributed by atoms with E-state index < -0.39 is 57.8 Å². The Balaban J connectivity index is 4.87. The van der Waals surface area contributed by atoms with Gasteiger partial charge in [-0.1, -0.05) is 188 Å². The molecule has 0 rings (SSSR count). The van der Waals surface area contributed by atoms with E-state index in [-0.39, 0.29) is 25.9 Å². The normalized spacial score (nSPS) is 14.3. The summed E-state index contributed by atoms with van der Waals surface area (Å²) < 4.78 is 39.3. The van der Waals surface area contributed by atoms with Gasteiger partial charge in [-0.3, -0.25) is 23.4 Å². The molecular formula is C58H95O11P. The SMILES string of the molecule is CC/C=C\C/C=C\C/C=C\C/C=C\C/C=C\C/C=C\CCC(=O)OC(COC(=O)CCCCCCC/C=C\CCCC)COP(=O)(O)OCC(CO)OC(=O)CCCCCCC/C=C\C/C=C\CCC. The van der Waals surface area contributed by atoms with Crippen molar-refractivity contribution in [3.8, 4) is 0 Å². The Morgan fingerprint density at radius 3 is 1.30 bits per heavy atom. The summed E-state index contributed by atoms with van der Waals surface area (Å²) in [5.74, 6) is -1.61. The van der Waals surface area contributed by atoms with Crippen LogP contribution in [0.2, 0.25) is 0 Å². The first-order chi connectivity index (χ1) is 34.2. The summed E-state index contributed by atoms with van der Waals surface area (Å²) in [6.07, 6.45) is 60.7. The number of phosphoric acid groups is 1. The highest BCUT2D eigenvalue weighted by atomic mass is 31.2. The Kier molecular flexibility index (Phi) is 48.7. The summed E-state index contributed by atoms with van der Waals surface area (Å²) in [6, 6.07) is 0. The minimum Gasteiger partial charge on any atom is -0.462 e. The van der Waals surface area contributed by atoms with E-state index in [9.17, 15) is 28.9 Å². The van der Waals surface area contributed by atoms with Crippen LogP contribution in [0, 0.1) is 0 Å². The molecule has 70 heavy (non-hydrogen) atoms. The Labute approximate surface area is 425 Å². The third kappa shape index (κ3) is 49.1. The van der Waals surface area contributed by atoms with Gasteiger partial charge >= 0.3 is 25.7 Å². The second-order valence-corrected chi connectivity index (χ2v) is 18.8. The summed E-state index contributed by atoms with van der Waals surface area (Å²) in [4.78, 5) is 48.3. The van der Waals surface area contributed by atoms with E-state index in [0.717, 1.165) is 122 Å². The van der Waals surface area contributed by atoms with Crippen LogP contribution < -0.4 is 0 Å². The molecule has 2 N–H and O–H groups in total. The van der Waals surface area contributed by atoms with Gasteiger partial charge in [0.25, 0.3) is 0 Å². The van der Waals surface area contributed by atoms with Crippen molar-refractivity contribution in [2.45, 2.75) is 213 Å². The number of carbonyl (C=O) groups is 3. The molecule has 0 aromatic heterocycles. The fourth-order valence-electron chi connectivity index (χ4n) is 6.58. The standard InChI is InChI=1S/C58H95O11P/c1-4-7-10-13-16-19-22-24-25-26-27-28-29-31-34-37-40-43-46-49-58(62)69-55(51-65-56(60)47-44-41-38-35-32-21-18-15-12-9-6-3)53-67-70(63,64)66-52-54(50-59)68-57(61)48-45-42-39-36-33-30-23-20-17-14-11-8-5-2/h7,10-11,14-16,18-20,23-25,27-28,31,34,40,43,54-55,59H,4-6,8-9,12-13,17,21-22,26,29-30,32-33,35-39,41-42,44-53H2,1-3H3,(H,63,64)/b10-7-,14-11-,18-15-,19-16-,23-20-,25-24-,28-27-,34-31-,43-40-. The number of hydrogen-bond acceptors (Lipinski definition) is 10. The van der Waals surface area contributed by atoms with Crippen molar-refractivity contribution in [1.82, 2.24) is 0 Å². The van der Waals surface area contributed by atoms with E-state index in [1.54, 1.807) is 0 Å². The van der Waals surface area contributed by atoms with Gasteiger partial charge in [0.2, 0.25) is 0 Å². The minimum atomic E-state index is -4.77. The molecule has 0 heterocycles. The molecule has 11 nitrogen and oxygen atoms in total. The molecule has 0 aromatic rings. The van der Waals surface area contributed by atoms with Crippen molar-refractivity contribution in [3.05, 3.63) is 109 Å². The first-order valence-electron chi connectivity index (χ1n) is 26.8. The van der Waals surface area contributed by atoms with Crippen molar-refractivity contribution in [2.75, 3.05) is 26.4 Å². The van der Waals surface area contributed by atoms with Crippen molar-refractivity contribution in [3.63, 3.8) is 0 Å². The highest BCUT2D eigenvalue weighted by Gasteiger charge is 2.28. The van der Waals surface area contributed by atoms with Gasteiger partial charge in [0.15, 0.2) is 6.10 Å². The van der Waals surface area contributed by atoms with Crippen LogP contribution in [0.15, 0.2) is 109 Å². The molecule has 0 fully saturated rings. The van der Waals surface area contributed by atoms with Gasteiger partial charge in [0, 0.05) is 19.3 Å². The zero-order chi connectivity index (χ0) is 51.3. The molecular weight excluding hydrogens is 904 g/mol. The summed E-state index contributed by atoms with van der Waals surface area (Å²) in [5, 5.41) is 9.78. The maximum Gasteiger partial charge on any atom is 0.472 e. The Bertz CT molecular complexity index is 1590. The van der Waals surface area contributed by atoms with E-state index in [0.29, 0.717) is 25.7 Å². The van der Waals surface area contributed by atoms with Crippen molar-refractivity contribution >= 4 is 25.7 Å². The molecule has 0 bridgehead atoms. The number of hydrogen-bond donors (Lipinski definition) is 2. The molecule has 0 radical (unpaired) electrons. The molecule has 0 saturated carbocycles. The molecule has 0 saturated heterocycles. The highest BCUT2D eigenvalue weighted by Crippen LogP contribution is 2.43. The molecule has 0 spiro atoms. The van der Waals surface area contributed by atoms with Crippen LogP contribution in [-0.2, 0) is 42.2 Å². The molecule has 0 aliphatic rings. The summed E-state index contributed by atoms with van der Waals surface area (Å²) >= 11 is 0. The van der Waals surface area contributed by atoms with E-state index in [2.05, 4.69) is 118 Å². The fraction of sp³-hybridized carbons (Fsp3) is 0.638. The lowest BCUT2D eigenvalue weighted by molar-refractivity contribution is -0.161. The smallest absolute Gasteiger partial charge is 0.462 e. The quantitative estimate of drug-likeness (QED) is 0.0197. The molecule has 0 aromatic carbocycles. The first kappa shape index (κ1) is 66.1. The molecule has 12 heteroatoms. The topological polar surface area (TPSA) is 155 Å². The van der Waals surface area contributed by atoms with Crippen LogP contribution >= 0.6 is 7.82 Å². The first-order valence-corrected chi connectivity index (χ1v) is 28.3. The van der Waals surface area contributed by atoms with Gasteiger partial charge in [0.05, 0.1) is 19.8 Å². The summed E-state index contributed by atoms with van der Waals surface area (Å²) in [6.45, 7) is 4.28. The van der Waals surface area contributed by atoms with Crippen LogP contribution in [0.4, 0.5) is 0 Å². The van der Waals surface area contributed by atoms with Crippen LogP contribution in [0.5, 0.6) is 0 Å². The Morgan fingerprint density at radius 2 is 0.800 bits per heavy atom. The maximum atomic E-state index is 12.9. The minimum absolute atomic E-state index is 0.0348. The van der Waals surface area contributed by atoms with Crippen molar-refractivity contribution in [1.29, 1.82) is 0 Å². The number of esters is 3. The number of unbranched alkanes of at least 4 members (excludes halogenated alkanes) is 13. The molecule has 3 unspecified atom stereocenters. The predicted octanol–water partition coefficient (Wildman–Crippen LogP) is 15.5. The maximum absolute atomic E-state index is 12.9. The lowest BCUT2D eigenvalue weighted by atomic mass is 10.1. The molecule has 0 aliphatic carbocycles. The van der Waals surface area contributed by atoms with Crippen LogP contribution in [0.3, 0.4) is 0 Å². The summed E-state index contributed by atoms with van der Waals surface area (Å²) in [5.41, 5.74) is 0. The van der Waals surface area contributed by atoms with Crippen molar-refractivity contribution in [2.24, 2.45) is 0 Å². The molecule has 398 valence electrons. The van der Waals surface area contributed by atoms with Gasteiger partial charge < -0.3 is 24.2 Å². The van der Waals surface area contributed by atoms with Gasteiger partial charge in [-0.25, -0.2) is 4.57 Å². The highest BCUT2D eigenvalue weighted by molar-refractivity contribution is 7.47. The van der Waals surface area contributed by atoms with E-state index in [4.69, 9.17) is 23.3 Å². The van der Waals surface area contributed by atoms with Crippen molar-refractivity contribution < 1.29 is 52.2 Å². The second kappa shape index (κ2) is 51.5. The lowest BCUT2D eigenvalue weighted by Gasteiger charge is -2.21. The van der Waals surface area contributed by atoms with E-state index in [1.165, 1.54) is 12.8 Å². The predicted molar refractivity (Wildman–Crippen MR) is 288 cm³/mol. The average Bonchev–Trinajstić information content (AvgIpc) is 3.35. The van der Waals surface area contributed by atoms with Gasteiger partial charge in [0.1, 0.15) is 12.7 Å². The summed E-state index contributed by atoms with van der Waals surface area (Å²) in [7, 11) is -4.77. The fourth-order valence-corrected chi connectivity index (χ4v) is 7.36. The third-order valence-corrected chi connectivity index (χ3v) is 11.6. The number of allylic oxidation sites excluding steroid dienone is 18. The molecule has 0 amide bonds. The third-order valence-electron chi connectivity index (χ3n) is 10.6. The second-order valence-electron chi connectivity index (χ2n) is 17.3. The van der Waals surface area contributed by atoms with Crippen LogP contribution in [0.25, 0.3) is 0 Å². The monoisotopic (exact) mass is 999 g/mol. The zero-order valence-electron chi connectivity index (χ0n) is 43.7. The van der Waals surface area contributed by atoms with Gasteiger partial charge in [-0.2, -0.15) is 0 Å². The number of rotatable bonds is 48. The van der Waals surface area contributed by atoms with E-state index in [1.807, 2.05) is 12.2 Å². The van der Waals surface area contributed by atoms with Crippen LogP contribution in [-0.4, -0.2) is 66.5 Å². The molecule has 3 atom stereocenters. The Morgan fingerprint density at radius 1 is 0.414 bits per heavy atom. The largest absolute Gasteiger partial charge is 0.472 e. The number of aliphatic hydroxyl groups excluding tert-OH is 1. The number of carbonyl (C=O) groups excluding carboxylic acids is 3. The van der Waals surface area contributed by atoms with Crippen LogP contribution in [0.1, 0.15) is 201 Å². The van der Waals surface area contributed by atoms with E-state index >= 15 is 0 Å². The average molecular weight is 999 g/mol. The number of aliphatic hydroxyl groups is 1. The van der Waals surface area contributed by atoms with Gasteiger partial charge in [-0.05, 0) is 103 Å². The lowest BCUT2D eigenvalue weighted by Crippen LogP contribution is -2.30. The zero-order valence-corrected chi connectivity index (χ0v) is 44.6. The molecule has 0 aliphatic heterocycles. The number of ether oxygens (including phenoxy) is 3. The Hall–Kier alpha value is -3.86. The van der Waals surface area contributed by atoms with Gasteiger partial charge in [-0.15, -0.1) is 0 Å².